The highest BCUT2D eigenvalue weighted by molar-refractivity contribution is 7.99. The Morgan fingerprint density at radius 3 is 3.00 bits per heavy atom. The fourth-order valence-corrected chi connectivity index (χ4v) is 2.33. The molecule has 1 rings (SSSR count). The van der Waals surface area contributed by atoms with E-state index in [2.05, 4.69) is 22.3 Å². The molecular formula is C10H20N4OS. The molecule has 6 heteroatoms. The molecule has 0 saturated heterocycles. The predicted molar refractivity (Wildman–Crippen MR) is 65.5 cm³/mol. The van der Waals surface area contributed by atoms with Gasteiger partial charge in [-0.05, 0) is 19.4 Å². The van der Waals surface area contributed by atoms with Crippen molar-refractivity contribution in [3.8, 4) is 0 Å². The summed E-state index contributed by atoms with van der Waals surface area (Å²) < 4.78 is 1.76. The Morgan fingerprint density at radius 1 is 1.62 bits per heavy atom. The minimum absolute atomic E-state index is 0.223. The first-order chi connectivity index (χ1) is 7.77. The molecule has 0 aliphatic carbocycles. The monoisotopic (exact) mass is 244 g/mol. The van der Waals surface area contributed by atoms with Gasteiger partial charge in [0.25, 0.3) is 0 Å². The van der Waals surface area contributed by atoms with E-state index in [9.17, 15) is 0 Å². The van der Waals surface area contributed by atoms with E-state index < -0.39 is 0 Å². The Bertz CT molecular complexity index is 292. The molecule has 0 fully saturated rings. The summed E-state index contributed by atoms with van der Waals surface area (Å²) in [6.07, 6.45) is 3.45. The number of aliphatic hydroxyl groups excluding tert-OH is 1. The number of aryl methyl sites for hydroxylation is 1. The van der Waals surface area contributed by atoms with Gasteiger partial charge in [-0.25, -0.2) is 9.67 Å². The first kappa shape index (κ1) is 13.5. The van der Waals surface area contributed by atoms with E-state index in [-0.39, 0.29) is 6.61 Å². The molecule has 1 aromatic heterocycles. The molecule has 1 aromatic rings. The van der Waals surface area contributed by atoms with Gasteiger partial charge < -0.3 is 10.4 Å². The Morgan fingerprint density at radius 2 is 2.44 bits per heavy atom. The molecule has 16 heavy (non-hydrogen) atoms. The highest BCUT2D eigenvalue weighted by atomic mass is 32.2. The Labute approximate surface area is 101 Å². The van der Waals surface area contributed by atoms with E-state index in [4.69, 9.17) is 5.11 Å². The van der Waals surface area contributed by atoms with Crippen molar-refractivity contribution in [2.24, 2.45) is 7.05 Å². The first-order valence-corrected chi connectivity index (χ1v) is 6.57. The normalized spacial score (nSPS) is 12.9. The molecule has 0 saturated carbocycles. The van der Waals surface area contributed by atoms with Gasteiger partial charge in [-0.15, -0.1) is 0 Å². The molecule has 5 nitrogen and oxygen atoms in total. The maximum Gasteiger partial charge on any atom is 0.185 e. The average Bonchev–Trinajstić information content (AvgIpc) is 2.68. The van der Waals surface area contributed by atoms with Gasteiger partial charge in [0.1, 0.15) is 6.33 Å². The lowest BCUT2D eigenvalue weighted by Gasteiger charge is -2.16. The SMILES string of the molecule is CCCNC(CCO)CSc1ncnn1C. The molecule has 0 spiro atoms. The molecular weight excluding hydrogens is 224 g/mol. The standard InChI is InChI=1S/C10H20N4OS/c1-3-5-11-9(4-6-15)7-16-10-12-8-13-14(10)2/h8-9,11,15H,3-7H2,1-2H3. The Hall–Kier alpha value is -0.590. The van der Waals surface area contributed by atoms with Crippen molar-refractivity contribution in [1.82, 2.24) is 20.1 Å². The average molecular weight is 244 g/mol. The largest absolute Gasteiger partial charge is 0.396 e. The predicted octanol–water partition coefficient (Wildman–Crippen LogP) is 0.658. The van der Waals surface area contributed by atoms with Crippen molar-refractivity contribution >= 4 is 11.8 Å². The van der Waals surface area contributed by atoms with E-state index in [1.54, 1.807) is 22.8 Å². The highest BCUT2D eigenvalue weighted by Crippen LogP contribution is 2.15. The molecule has 1 atom stereocenters. The van der Waals surface area contributed by atoms with E-state index in [0.717, 1.165) is 30.3 Å². The molecule has 0 aromatic carbocycles. The van der Waals surface area contributed by atoms with E-state index >= 15 is 0 Å². The summed E-state index contributed by atoms with van der Waals surface area (Å²) in [5, 5.41) is 17.3. The number of nitrogens with one attached hydrogen (secondary N) is 1. The van der Waals surface area contributed by atoms with Crippen LogP contribution in [0.5, 0.6) is 0 Å². The van der Waals surface area contributed by atoms with Crippen LogP contribution in [-0.2, 0) is 7.05 Å². The van der Waals surface area contributed by atoms with Crippen LogP contribution in [0.3, 0.4) is 0 Å². The smallest absolute Gasteiger partial charge is 0.185 e. The van der Waals surface area contributed by atoms with Crippen molar-refractivity contribution in [3.05, 3.63) is 6.33 Å². The Balaban J connectivity index is 2.34. The summed E-state index contributed by atoms with van der Waals surface area (Å²) in [4.78, 5) is 4.15. The molecule has 0 aliphatic rings. The third-order valence-corrected chi connectivity index (χ3v) is 3.44. The van der Waals surface area contributed by atoms with Gasteiger partial charge in [0.15, 0.2) is 5.16 Å². The maximum atomic E-state index is 8.97. The zero-order valence-electron chi connectivity index (χ0n) is 9.89. The summed E-state index contributed by atoms with van der Waals surface area (Å²) >= 11 is 1.67. The van der Waals surface area contributed by atoms with Crippen LogP contribution in [0.25, 0.3) is 0 Å². The zero-order valence-corrected chi connectivity index (χ0v) is 10.7. The van der Waals surface area contributed by atoms with E-state index in [0.29, 0.717) is 6.04 Å². The molecule has 2 N–H and O–H groups in total. The summed E-state index contributed by atoms with van der Waals surface area (Å²) in [5.74, 6) is 0.910. The number of hydrogen-bond donors (Lipinski definition) is 2. The summed E-state index contributed by atoms with van der Waals surface area (Å²) in [6, 6.07) is 0.339. The number of aromatic nitrogens is 3. The van der Waals surface area contributed by atoms with Crippen molar-refractivity contribution in [3.63, 3.8) is 0 Å². The zero-order chi connectivity index (χ0) is 11.8. The van der Waals surface area contributed by atoms with Crippen molar-refractivity contribution in [1.29, 1.82) is 0 Å². The molecule has 1 heterocycles. The van der Waals surface area contributed by atoms with Crippen molar-refractivity contribution < 1.29 is 5.11 Å². The van der Waals surface area contributed by atoms with Crippen molar-refractivity contribution in [2.45, 2.75) is 31.0 Å². The van der Waals surface area contributed by atoms with Crippen LogP contribution in [0.2, 0.25) is 0 Å². The van der Waals surface area contributed by atoms with E-state index in [1.807, 2.05) is 7.05 Å². The van der Waals surface area contributed by atoms with Crippen LogP contribution in [0.1, 0.15) is 19.8 Å². The maximum absolute atomic E-state index is 8.97. The molecule has 0 bridgehead atoms. The van der Waals surface area contributed by atoms with Gasteiger partial charge in [-0.2, -0.15) is 5.10 Å². The molecule has 0 radical (unpaired) electrons. The van der Waals surface area contributed by atoms with Crippen LogP contribution in [-0.4, -0.2) is 44.8 Å². The molecule has 0 aliphatic heterocycles. The third-order valence-electron chi connectivity index (χ3n) is 2.24. The second-order valence-electron chi connectivity index (χ2n) is 3.64. The van der Waals surface area contributed by atoms with Gasteiger partial charge in [-0.1, -0.05) is 18.7 Å². The number of nitrogens with zero attached hydrogens (tertiary/aromatic N) is 3. The molecule has 92 valence electrons. The Kier molecular flexibility index (Phi) is 6.44. The van der Waals surface area contributed by atoms with Crippen molar-refractivity contribution in [2.75, 3.05) is 18.9 Å². The second-order valence-corrected chi connectivity index (χ2v) is 4.63. The summed E-state index contributed by atoms with van der Waals surface area (Å²) in [7, 11) is 1.88. The van der Waals surface area contributed by atoms with Crippen LogP contribution in [0.15, 0.2) is 11.5 Å². The third kappa shape index (κ3) is 4.51. The van der Waals surface area contributed by atoms with Crippen LogP contribution < -0.4 is 5.32 Å². The van der Waals surface area contributed by atoms with Gasteiger partial charge in [0.05, 0.1) is 0 Å². The first-order valence-electron chi connectivity index (χ1n) is 5.59. The topological polar surface area (TPSA) is 63.0 Å². The summed E-state index contributed by atoms with van der Waals surface area (Å²) in [5.41, 5.74) is 0. The van der Waals surface area contributed by atoms with Crippen LogP contribution in [0.4, 0.5) is 0 Å². The minimum Gasteiger partial charge on any atom is -0.396 e. The number of aliphatic hydroxyl groups is 1. The lowest BCUT2D eigenvalue weighted by atomic mass is 10.2. The molecule has 1 unspecified atom stereocenters. The fourth-order valence-electron chi connectivity index (χ4n) is 1.34. The van der Waals surface area contributed by atoms with Crippen LogP contribution in [0, 0.1) is 0 Å². The quantitative estimate of drug-likeness (QED) is 0.658. The second kappa shape index (κ2) is 7.65. The van der Waals surface area contributed by atoms with Gasteiger partial charge in [0.2, 0.25) is 0 Å². The lowest BCUT2D eigenvalue weighted by molar-refractivity contribution is 0.270. The fraction of sp³-hybridized carbons (Fsp3) is 0.800. The number of rotatable bonds is 8. The highest BCUT2D eigenvalue weighted by Gasteiger charge is 2.09. The lowest BCUT2D eigenvalue weighted by Crippen LogP contribution is -2.33. The van der Waals surface area contributed by atoms with Gasteiger partial charge in [0, 0.05) is 25.4 Å². The minimum atomic E-state index is 0.223. The number of hydrogen-bond acceptors (Lipinski definition) is 5. The van der Waals surface area contributed by atoms with Crippen LogP contribution >= 0.6 is 11.8 Å². The van der Waals surface area contributed by atoms with Gasteiger partial charge >= 0.3 is 0 Å². The van der Waals surface area contributed by atoms with E-state index in [1.165, 1.54) is 0 Å². The molecule has 0 amide bonds. The number of thioether (sulfide) groups is 1. The summed E-state index contributed by atoms with van der Waals surface area (Å²) in [6.45, 7) is 3.35. The van der Waals surface area contributed by atoms with Gasteiger partial charge in [-0.3, -0.25) is 0 Å².